The van der Waals surface area contributed by atoms with Gasteiger partial charge in [-0.3, -0.25) is 9.20 Å². The number of carbonyl (C=O) groups is 1. The van der Waals surface area contributed by atoms with Crippen LogP contribution < -0.4 is 4.74 Å². The first-order chi connectivity index (χ1) is 21.2. The van der Waals surface area contributed by atoms with Crippen LogP contribution in [0, 0.1) is 0 Å². The van der Waals surface area contributed by atoms with Crippen molar-refractivity contribution in [3.05, 3.63) is 113 Å². The first kappa shape index (κ1) is 31.1. The Hall–Kier alpha value is -4.36. The molecule has 1 N–H and O–H groups in total. The zero-order valence-corrected chi connectivity index (χ0v) is 26.2. The summed E-state index contributed by atoms with van der Waals surface area (Å²) in [6, 6.07) is 25.7. The van der Waals surface area contributed by atoms with Gasteiger partial charge >= 0.3 is 5.97 Å². The molecule has 0 saturated carbocycles. The molecular formula is C36H38ClN3O4. The van der Waals surface area contributed by atoms with Crippen LogP contribution in [0.4, 0.5) is 0 Å². The summed E-state index contributed by atoms with van der Waals surface area (Å²) in [5, 5.41) is 11.8. The van der Waals surface area contributed by atoms with E-state index in [4.69, 9.17) is 31.0 Å². The molecule has 0 fully saturated rings. The summed E-state index contributed by atoms with van der Waals surface area (Å²) < 4.78 is 13.0. The van der Waals surface area contributed by atoms with Gasteiger partial charge in [0.25, 0.3) is 0 Å². The van der Waals surface area contributed by atoms with Crippen molar-refractivity contribution in [3.63, 3.8) is 0 Å². The van der Waals surface area contributed by atoms with E-state index in [9.17, 15) is 9.90 Å². The summed E-state index contributed by atoms with van der Waals surface area (Å²) in [4.78, 5) is 21.7. The second-order valence-electron chi connectivity index (χ2n) is 11.9. The number of hydrogen-bond acceptors (Lipinski definition) is 6. The maximum atomic E-state index is 11.9. The molecule has 0 aliphatic carbocycles. The van der Waals surface area contributed by atoms with Crippen LogP contribution >= 0.6 is 11.6 Å². The minimum atomic E-state index is -0.457. The highest BCUT2D eigenvalue weighted by Crippen LogP contribution is 2.31. The van der Waals surface area contributed by atoms with Gasteiger partial charge < -0.3 is 14.6 Å². The number of fused-ring (bicyclic) bond motifs is 1. The zero-order chi connectivity index (χ0) is 31.1. The van der Waals surface area contributed by atoms with Gasteiger partial charge in [0.1, 0.15) is 17.0 Å². The van der Waals surface area contributed by atoms with Crippen LogP contribution in [0.25, 0.3) is 16.9 Å². The number of imidazole rings is 1. The standard InChI is InChI=1S/C36H38ClN3O4/c1-36(2,3)44-33(41)17-11-6-12-20-43-32-19-18-26(21-28(32)37)23-30-35(42)40-24-31(27-15-9-5-10-16-27)38-29(34(40)39-30)22-25-13-7-4-8-14-25/h4-5,7-10,13-16,18-19,21,24,42H,6,11-12,17,20,22-23H2,1-3H3. The van der Waals surface area contributed by atoms with Crippen molar-refractivity contribution in [2.45, 2.75) is 64.9 Å². The van der Waals surface area contributed by atoms with Crippen LogP contribution in [0.2, 0.25) is 5.02 Å². The number of aromatic nitrogens is 3. The average Bonchev–Trinajstić information content (AvgIpc) is 3.31. The van der Waals surface area contributed by atoms with Crippen molar-refractivity contribution in [2.75, 3.05) is 6.61 Å². The van der Waals surface area contributed by atoms with Gasteiger partial charge in [-0.25, -0.2) is 9.97 Å². The van der Waals surface area contributed by atoms with Gasteiger partial charge in [0, 0.05) is 31.0 Å². The number of benzene rings is 3. The molecule has 0 unspecified atom stereocenters. The molecule has 228 valence electrons. The van der Waals surface area contributed by atoms with Crippen molar-refractivity contribution < 1.29 is 19.4 Å². The molecule has 0 bridgehead atoms. The van der Waals surface area contributed by atoms with Crippen LogP contribution in [0.3, 0.4) is 0 Å². The highest BCUT2D eigenvalue weighted by Gasteiger charge is 2.19. The molecule has 0 saturated heterocycles. The number of unbranched alkanes of at least 4 members (excludes halogenated alkanes) is 2. The summed E-state index contributed by atoms with van der Waals surface area (Å²) >= 11 is 6.58. The van der Waals surface area contributed by atoms with Gasteiger partial charge in [-0.15, -0.1) is 0 Å². The fraction of sp³-hybridized carbons (Fsp3) is 0.306. The lowest BCUT2D eigenvalue weighted by Gasteiger charge is -2.19. The molecule has 0 aliphatic rings. The maximum absolute atomic E-state index is 11.9. The zero-order valence-electron chi connectivity index (χ0n) is 25.4. The van der Waals surface area contributed by atoms with Crippen molar-refractivity contribution in [2.24, 2.45) is 0 Å². The van der Waals surface area contributed by atoms with Crippen molar-refractivity contribution >= 4 is 23.2 Å². The third kappa shape index (κ3) is 8.17. The van der Waals surface area contributed by atoms with E-state index in [2.05, 4.69) is 12.1 Å². The normalized spacial score (nSPS) is 11.5. The molecule has 2 aromatic heterocycles. The topological polar surface area (TPSA) is 86.0 Å². The van der Waals surface area contributed by atoms with Crippen LogP contribution in [0.1, 0.15) is 69.0 Å². The Morgan fingerprint density at radius 1 is 0.864 bits per heavy atom. The largest absolute Gasteiger partial charge is 0.493 e. The Morgan fingerprint density at radius 2 is 1.57 bits per heavy atom. The number of hydrogen-bond donors (Lipinski definition) is 1. The van der Waals surface area contributed by atoms with E-state index < -0.39 is 5.60 Å². The molecule has 8 heteroatoms. The number of nitrogens with zero attached hydrogens (tertiary/aromatic N) is 3. The van der Waals surface area contributed by atoms with Gasteiger partial charge in [0.2, 0.25) is 5.88 Å². The number of aromatic hydroxyl groups is 1. The quantitative estimate of drug-likeness (QED) is 0.113. The minimum absolute atomic E-state index is 0.0803. The van der Waals surface area contributed by atoms with Gasteiger partial charge in [0.15, 0.2) is 5.65 Å². The highest BCUT2D eigenvalue weighted by atomic mass is 35.5. The predicted molar refractivity (Wildman–Crippen MR) is 173 cm³/mol. The lowest BCUT2D eigenvalue weighted by molar-refractivity contribution is -0.154. The number of rotatable bonds is 12. The molecule has 0 spiro atoms. The van der Waals surface area contributed by atoms with Crippen molar-refractivity contribution in [1.82, 2.24) is 14.4 Å². The van der Waals surface area contributed by atoms with E-state index in [0.717, 1.165) is 47.3 Å². The molecule has 44 heavy (non-hydrogen) atoms. The van der Waals surface area contributed by atoms with Gasteiger partial charge in [-0.1, -0.05) is 78.3 Å². The number of carbonyl (C=O) groups excluding carboxylic acids is 1. The second kappa shape index (κ2) is 14.0. The Balaban J connectivity index is 1.27. The van der Waals surface area contributed by atoms with E-state index in [-0.39, 0.29) is 11.8 Å². The average molecular weight is 612 g/mol. The minimum Gasteiger partial charge on any atom is -0.493 e. The second-order valence-corrected chi connectivity index (χ2v) is 12.3. The summed E-state index contributed by atoms with van der Waals surface area (Å²) in [7, 11) is 0. The lowest BCUT2D eigenvalue weighted by atomic mass is 10.1. The Morgan fingerprint density at radius 3 is 2.27 bits per heavy atom. The summed E-state index contributed by atoms with van der Waals surface area (Å²) in [5.41, 5.74) is 5.23. The first-order valence-electron chi connectivity index (χ1n) is 15.0. The molecule has 5 rings (SSSR count). The predicted octanol–water partition coefficient (Wildman–Crippen LogP) is 8.22. The number of ether oxygens (including phenoxy) is 2. The Kier molecular flexibility index (Phi) is 9.85. The van der Waals surface area contributed by atoms with Gasteiger partial charge in [-0.2, -0.15) is 0 Å². The molecule has 0 atom stereocenters. The van der Waals surface area contributed by atoms with Gasteiger partial charge in [-0.05, 0) is 63.3 Å². The fourth-order valence-electron chi connectivity index (χ4n) is 5.01. The van der Waals surface area contributed by atoms with E-state index in [1.54, 1.807) is 4.40 Å². The monoisotopic (exact) mass is 611 g/mol. The Bertz CT molecular complexity index is 1710. The smallest absolute Gasteiger partial charge is 0.306 e. The molecule has 0 amide bonds. The molecule has 2 heterocycles. The Labute approximate surface area is 263 Å². The molecule has 0 radical (unpaired) electrons. The molecular weight excluding hydrogens is 574 g/mol. The SMILES string of the molecule is CC(C)(C)OC(=O)CCCCCOc1ccc(Cc2nc3c(Cc4ccccc4)nc(-c4ccccc4)cn3c2O)cc1Cl. The van der Waals surface area contributed by atoms with Crippen LogP contribution in [-0.4, -0.2) is 37.7 Å². The third-order valence-corrected chi connectivity index (χ3v) is 7.37. The molecule has 7 nitrogen and oxygen atoms in total. The van der Waals surface area contributed by atoms with E-state index in [1.165, 1.54) is 0 Å². The molecule has 5 aromatic rings. The van der Waals surface area contributed by atoms with E-state index >= 15 is 0 Å². The van der Waals surface area contributed by atoms with E-state index in [0.29, 0.717) is 48.0 Å². The van der Waals surface area contributed by atoms with Crippen LogP contribution in [0.15, 0.2) is 85.1 Å². The first-order valence-corrected chi connectivity index (χ1v) is 15.4. The summed E-state index contributed by atoms with van der Waals surface area (Å²) in [6.45, 7) is 6.11. The lowest BCUT2D eigenvalue weighted by Crippen LogP contribution is -2.23. The highest BCUT2D eigenvalue weighted by molar-refractivity contribution is 6.32. The molecule has 3 aromatic carbocycles. The van der Waals surface area contributed by atoms with Crippen molar-refractivity contribution in [1.29, 1.82) is 0 Å². The van der Waals surface area contributed by atoms with Crippen molar-refractivity contribution in [3.8, 4) is 22.9 Å². The van der Waals surface area contributed by atoms with Crippen LogP contribution in [0.5, 0.6) is 11.6 Å². The number of esters is 1. The molecule has 0 aliphatic heterocycles. The summed E-state index contributed by atoms with van der Waals surface area (Å²) in [5.74, 6) is 0.509. The van der Waals surface area contributed by atoms with Crippen LogP contribution in [-0.2, 0) is 22.4 Å². The summed E-state index contributed by atoms with van der Waals surface area (Å²) in [6.07, 6.45) is 5.63. The fourth-order valence-corrected chi connectivity index (χ4v) is 5.26. The number of halogens is 1. The van der Waals surface area contributed by atoms with E-state index in [1.807, 2.05) is 93.7 Å². The third-order valence-electron chi connectivity index (χ3n) is 7.07. The maximum Gasteiger partial charge on any atom is 0.306 e. The van der Waals surface area contributed by atoms with Gasteiger partial charge in [0.05, 0.1) is 23.0 Å².